The fourth-order valence-electron chi connectivity index (χ4n) is 5.06. The van der Waals surface area contributed by atoms with Crippen molar-refractivity contribution in [2.75, 3.05) is 32.8 Å². The maximum atomic E-state index is 13.4. The number of benzene rings is 2. The quantitative estimate of drug-likeness (QED) is 0.845. The molecule has 4 nitrogen and oxygen atoms in total. The monoisotopic (exact) mass is 396 g/mol. The van der Waals surface area contributed by atoms with Gasteiger partial charge in [-0.15, -0.1) is 0 Å². The van der Waals surface area contributed by atoms with Gasteiger partial charge in [0.05, 0.1) is 6.42 Å². The van der Waals surface area contributed by atoms with Crippen LogP contribution in [0, 0.1) is 17.2 Å². The summed E-state index contributed by atoms with van der Waals surface area (Å²) >= 11 is 0. The third-order valence-corrected chi connectivity index (χ3v) is 6.71. The molecule has 154 valence electrons. The third-order valence-electron chi connectivity index (χ3n) is 6.71. The molecule has 4 rings (SSSR count). The van der Waals surface area contributed by atoms with Gasteiger partial charge >= 0.3 is 0 Å². The molecule has 2 fully saturated rings. The van der Waals surface area contributed by atoms with Crippen molar-refractivity contribution in [3.8, 4) is 0 Å². The molecular formula is C24H29FN2O2. The Hall–Kier alpha value is -2.24. The van der Waals surface area contributed by atoms with E-state index in [-0.39, 0.29) is 36.1 Å². The molecule has 2 aliphatic rings. The van der Waals surface area contributed by atoms with E-state index in [1.165, 1.54) is 17.7 Å². The summed E-state index contributed by atoms with van der Waals surface area (Å²) in [6, 6.07) is 16.7. The number of hydrogen-bond donors (Lipinski definition) is 1. The van der Waals surface area contributed by atoms with Crippen molar-refractivity contribution >= 4 is 5.91 Å². The summed E-state index contributed by atoms with van der Waals surface area (Å²) in [6.07, 6.45) is 2.07. The maximum Gasteiger partial charge on any atom is 0.226 e. The second kappa shape index (κ2) is 8.64. The number of aliphatic hydroxyl groups is 1. The number of nitrogens with zero attached hydrogens (tertiary/aromatic N) is 2. The number of halogens is 1. The van der Waals surface area contributed by atoms with Crippen molar-refractivity contribution in [2.45, 2.75) is 25.8 Å². The average molecular weight is 397 g/mol. The number of amides is 1. The molecule has 2 heterocycles. The van der Waals surface area contributed by atoms with Gasteiger partial charge in [0.15, 0.2) is 0 Å². The van der Waals surface area contributed by atoms with E-state index in [0.717, 1.165) is 38.0 Å². The minimum absolute atomic E-state index is 0.0603. The Kier molecular flexibility index (Phi) is 5.97. The number of piperidine rings is 1. The van der Waals surface area contributed by atoms with Gasteiger partial charge in [0, 0.05) is 45.2 Å². The van der Waals surface area contributed by atoms with E-state index in [1.807, 2.05) is 11.0 Å². The van der Waals surface area contributed by atoms with Crippen LogP contribution < -0.4 is 0 Å². The van der Waals surface area contributed by atoms with Crippen LogP contribution in [-0.2, 0) is 17.8 Å². The first-order valence-electron chi connectivity index (χ1n) is 10.5. The van der Waals surface area contributed by atoms with E-state index in [0.29, 0.717) is 13.1 Å². The van der Waals surface area contributed by atoms with Crippen LogP contribution in [0.1, 0.15) is 24.0 Å². The van der Waals surface area contributed by atoms with Crippen molar-refractivity contribution in [1.29, 1.82) is 0 Å². The molecule has 2 aliphatic heterocycles. The summed E-state index contributed by atoms with van der Waals surface area (Å²) in [5.41, 5.74) is 2.10. The normalized spacial score (nSPS) is 21.6. The summed E-state index contributed by atoms with van der Waals surface area (Å²) in [5.74, 6) is 0.0139. The van der Waals surface area contributed by atoms with Crippen LogP contribution in [0.25, 0.3) is 0 Å². The van der Waals surface area contributed by atoms with Crippen LogP contribution in [0.4, 0.5) is 4.39 Å². The lowest BCUT2D eigenvalue weighted by molar-refractivity contribution is -0.133. The van der Waals surface area contributed by atoms with E-state index in [4.69, 9.17) is 0 Å². The SMILES string of the molecule is O=C(Cc1cccc(F)c1)N1CCC2(CC1)CN(Cc1ccccc1)CC2CO. The molecule has 1 N–H and O–H groups in total. The molecule has 1 spiro atoms. The number of carbonyl (C=O) groups is 1. The number of rotatable bonds is 5. The first-order chi connectivity index (χ1) is 14.1. The number of hydrogen-bond acceptors (Lipinski definition) is 3. The van der Waals surface area contributed by atoms with Gasteiger partial charge in [-0.05, 0) is 41.5 Å². The molecule has 2 aromatic carbocycles. The van der Waals surface area contributed by atoms with Crippen LogP contribution in [0.15, 0.2) is 54.6 Å². The maximum absolute atomic E-state index is 13.4. The number of carbonyl (C=O) groups excluding carboxylic acids is 1. The van der Waals surface area contributed by atoms with E-state index >= 15 is 0 Å². The van der Waals surface area contributed by atoms with Crippen molar-refractivity contribution in [2.24, 2.45) is 11.3 Å². The molecule has 1 atom stereocenters. The summed E-state index contributed by atoms with van der Waals surface area (Å²) in [5, 5.41) is 10.0. The van der Waals surface area contributed by atoms with Crippen LogP contribution in [0.3, 0.4) is 0 Å². The molecule has 0 aliphatic carbocycles. The van der Waals surface area contributed by atoms with Crippen LogP contribution in [0.5, 0.6) is 0 Å². The molecular weight excluding hydrogens is 367 g/mol. The lowest BCUT2D eigenvalue weighted by Crippen LogP contribution is -2.47. The second-order valence-corrected chi connectivity index (χ2v) is 8.58. The van der Waals surface area contributed by atoms with Gasteiger partial charge < -0.3 is 10.0 Å². The second-order valence-electron chi connectivity index (χ2n) is 8.58. The van der Waals surface area contributed by atoms with Crippen LogP contribution >= 0.6 is 0 Å². The molecule has 1 unspecified atom stereocenters. The molecule has 2 aromatic rings. The topological polar surface area (TPSA) is 43.8 Å². The molecule has 5 heteroatoms. The van der Waals surface area contributed by atoms with Crippen molar-refractivity contribution in [3.05, 3.63) is 71.5 Å². The van der Waals surface area contributed by atoms with Crippen molar-refractivity contribution in [3.63, 3.8) is 0 Å². The summed E-state index contributed by atoms with van der Waals surface area (Å²) in [6.45, 7) is 4.40. The van der Waals surface area contributed by atoms with Gasteiger partial charge in [-0.1, -0.05) is 42.5 Å². The summed E-state index contributed by atoms with van der Waals surface area (Å²) in [4.78, 5) is 17.0. The highest BCUT2D eigenvalue weighted by atomic mass is 19.1. The van der Waals surface area contributed by atoms with Gasteiger partial charge in [0.25, 0.3) is 0 Å². The lowest BCUT2D eigenvalue weighted by atomic mass is 9.71. The Morgan fingerprint density at radius 2 is 1.79 bits per heavy atom. The molecule has 29 heavy (non-hydrogen) atoms. The van der Waals surface area contributed by atoms with Crippen LogP contribution in [0.2, 0.25) is 0 Å². The van der Waals surface area contributed by atoms with Gasteiger partial charge in [0.1, 0.15) is 5.82 Å². The molecule has 1 amide bonds. The highest BCUT2D eigenvalue weighted by Crippen LogP contribution is 2.45. The molecule has 0 radical (unpaired) electrons. The lowest BCUT2D eigenvalue weighted by Gasteiger charge is -2.42. The fraction of sp³-hybridized carbons (Fsp3) is 0.458. The van der Waals surface area contributed by atoms with E-state index in [2.05, 4.69) is 29.2 Å². The first kappa shape index (κ1) is 20.0. The first-order valence-corrected chi connectivity index (χ1v) is 10.5. The predicted molar refractivity (Wildman–Crippen MR) is 111 cm³/mol. The Morgan fingerprint density at radius 3 is 2.48 bits per heavy atom. The Balaban J connectivity index is 1.36. The smallest absolute Gasteiger partial charge is 0.226 e. The molecule has 0 saturated carbocycles. The van der Waals surface area contributed by atoms with Gasteiger partial charge in [0.2, 0.25) is 5.91 Å². The minimum Gasteiger partial charge on any atom is -0.396 e. The highest BCUT2D eigenvalue weighted by molar-refractivity contribution is 5.78. The van der Waals surface area contributed by atoms with E-state index in [9.17, 15) is 14.3 Å². The average Bonchev–Trinajstić information content (AvgIpc) is 3.05. The van der Waals surface area contributed by atoms with Crippen LogP contribution in [-0.4, -0.2) is 53.6 Å². The Labute approximate surface area is 171 Å². The third kappa shape index (κ3) is 4.51. The molecule has 0 bridgehead atoms. The zero-order chi connectivity index (χ0) is 20.3. The van der Waals surface area contributed by atoms with Gasteiger partial charge in [-0.25, -0.2) is 4.39 Å². The highest BCUT2D eigenvalue weighted by Gasteiger charge is 2.47. The zero-order valence-corrected chi connectivity index (χ0v) is 16.8. The van der Waals surface area contributed by atoms with E-state index < -0.39 is 0 Å². The van der Waals surface area contributed by atoms with Crippen molar-refractivity contribution < 1.29 is 14.3 Å². The van der Waals surface area contributed by atoms with E-state index in [1.54, 1.807) is 12.1 Å². The standard InChI is InChI=1S/C24H29FN2O2/c25-22-8-4-7-20(13-22)14-23(29)27-11-9-24(10-12-27)18-26(16-21(24)17-28)15-19-5-2-1-3-6-19/h1-8,13,21,28H,9-12,14-18H2. The number of aliphatic hydroxyl groups excluding tert-OH is 1. The molecule has 0 aromatic heterocycles. The Morgan fingerprint density at radius 1 is 1.07 bits per heavy atom. The summed E-state index contributed by atoms with van der Waals surface area (Å²) < 4.78 is 13.4. The summed E-state index contributed by atoms with van der Waals surface area (Å²) in [7, 11) is 0. The Bertz CT molecular complexity index is 834. The fourth-order valence-corrected chi connectivity index (χ4v) is 5.06. The van der Waals surface area contributed by atoms with Gasteiger partial charge in [-0.3, -0.25) is 9.69 Å². The van der Waals surface area contributed by atoms with Gasteiger partial charge in [-0.2, -0.15) is 0 Å². The predicted octanol–water partition coefficient (Wildman–Crippen LogP) is 3.10. The molecule has 2 saturated heterocycles. The number of likely N-dealkylation sites (tertiary alicyclic amines) is 2. The minimum atomic E-state index is -0.303. The zero-order valence-electron chi connectivity index (χ0n) is 16.8. The van der Waals surface area contributed by atoms with Crippen molar-refractivity contribution in [1.82, 2.24) is 9.80 Å². The largest absolute Gasteiger partial charge is 0.396 e.